The molecule has 3 heterocycles. The third kappa shape index (κ3) is 2.74. The second kappa shape index (κ2) is 6.01. The summed E-state index contributed by atoms with van der Waals surface area (Å²) in [6, 6.07) is 8.93. The summed E-state index contributed by atoms with van der Waals surface area (Å²) in [6.45, 7) is 2.90. The Bertz CT molecular complexity index is 886. The second-order valence-corrected chi connectivity index (χ2v) is 6.42. The summed E-state index contributed by atoms with van der Waals surface area (Å²) in [6.07, 6.45) is 1.58. The first-order valence-electron chi connectivity index (χ1n) is 7.43. The van der Waals surface area contributed by atoms with E-state index in [-0.39, 0.29) is 5.91 Å². The number of nitrogens with one attached hydrogen (secondary N) is 1. The van der Waals surface area contributed by atoms with Gasteiger partial charge in [-0.05, 0) is 31.2 Å². The SMILES string of the molecule is Cc1sc(-c2ccco2)nc1C(=O)Nc1ccc2c(c1)OCCO2. The summed E-state index contributed by atoms with van der Waals surface area (Å²) in [5, 5.41) is 3.53. The van der Waals surface area contributed by atoms with Crippen molar-refractivity contribution in [1.29, 1.82) is 0 Å². The average molecular weight is 342 g/mol. The number of carbonyl (C=O) groups excluding carboxylic acids is 1. The van der Waals surface area contributed by atoms with E-state index in [2.05, 4.69) is 10.3 Å². The van der Waals surface area contributed by atoms with E-state index in [1.807, 2.05) is 13.0 Å². The van der Waals surface area contributed by atoms with Crippen LogP contribution in [0.1, 0.15) is 15.4 Å². The van der Waals surface area contributed by atoms with Crippen molar-refractivity contribution in [1.82, 2.24) is 4.98 Å². The lowest BCUT2D eigenvalue weighted by molar-refractivity contribution is 0.102. The third-order valence-corrected chi connectivity index (χ3v) is 4.53. The number of aryl methyl sites for hydroxylation is 1. The summed E-state index contributed by atoms with van der Waals surface area (Å²) in [4.78, 5) is 17.7. The molecule has 0 unspecified atom stereocenters. The molecule has 4 rings (SSSR count). The molecule has 0 saturated carbocycles. The Morgan fingerprint density at radius 2 is 2.04 bits per heavy atom. The van der Waals surface area contributed by atoms with E-state index in [9.17, 15) is 4.79 Å². The Balaban J connectivity index is 1.56. The van der Waals surface area contributed by atoms with Crippen molar-refractivity contribution in [2.75, 3.05) is 18.5 Å². The van der Waals surface area contributed by atoms with Gasteiger partial charge in [0.25, 0.3) is 5.91 Å². The highest BCUT2D eigenvalue weighted by molar-refractivity contribution is 7.15. The van der Waals surface area contributed by atoms with E-state index in [1.54, 1.807) is 30.5 Å². The molecule has 7 heteroatoms. The minimum absolute atomic E-state index is 0.266. The fraction of sp³-hybridized carbons (Fsp3) is 0.176. The molecule has 1 aromatic carbocycles. The highest BCUT2D eigenvalue weighted by Crippen LogP contribution is 2.33. The van der Waals surface area contributed by atoms with Crippen molar-refractivity contribution in [2.24, 2.45) is 0 Å². The van der Waals surface area contributed by atoms with Gasteiger partial charge >= 0.3 is 0 Å². The van der Waals surface area contributed by atoms with E-state index in [0.717, 1.165) is 4.88 Å². The second-order valence-electron chi connectivity index (χ2n) is 5.21. The van der Waals surface area contributed by atoms with E-state index in [4.69, 9.17) is 13.9 Å². The van der Waals surface area contributed by atoms with Gasteiger partial charge in [-0.2, -0.15) is 0 Å². The number of furan rings is 1. The maximum Gasteiger partial charge on any atom is 0.275 e. The first-order valence-corrected chi connectivity index (χ1v) is 8.24. The van der Waals surface area contributed by atoms with Crippen molar-refractivity contribution in [3.05, 3.63) is 47.2 Å². The summed E-state index contributed by atoms with van der Waals surface area (Å²) >= 11 is 1.42. The topological polar surface area (TPSA) is 73.6 Å². The van der Waals surface area contributed by atoms with Gasteiger partial charge < -0.3 is 19.2 Å². The Hall–Kier alpha value is -2.80. The minimum Gasteiger partial charge on any atom is -0.486 e. The van der Waals surface area contributed by atoms with Crippen LogP contribution in [0.25, 0.3) is 10.8 Å². The largest absolute Gasteiger partial charge is 0.486 e. The number of ether oxygens (including phenoxy) is 2. The number of nitrogens with zero attached hydrogens (tertiary/aromatic N) is 1. The zero-order valence-electron chi connectivity index (χ0n) is 12.9. The molecule has 1 aliphatic heterocycles. The number of rotatable bonds is 3. The van der Waals surface area contributed by atoms with Crippen LogP contribution in [0.15, 0.2) is 41.0 Å². The average Bonchev–Trinajstić information content (AvgIpc) is 3.24. The van der Waals surface area contributed by atoms with Crippen LogP contribution in [0.5, 0.6) is 11.5 Å². The van der Waals surface area contributed by atoms with Crippen LogP contribution in [-0.2, 0) is 0 Å². The fourth-order valence-electron chi connectivity index (χ4n) is 2.42. The van der Waals surface area contributed by atoms with Crippen LogP contribution in [0, 0.1) is 6.92 Å². The molecule has 1 N–H and O–H groups in total. The van der Waals surface area contributed by atoms with Crippen molar-refractivity contribution >= 4 is 22.9 Å². The molecule has 1 aliphatic rings. The van der Waals surface area contributed by atoms with Crippen LogP contribution in [0.4, 0.5) is 5.69 Å². The summed E-state index contributed by atoms with van der Waals surface area (Å²) in [5.74, 6) is 1.70. The maximum atomic E-state index is 12.5. The number of hydrogen-bond donors (Lipinski definition) is 1. The smallest absolute Gasteiger partial charge is 0.275 e. The Labute approximate surface area is 142 Å². The van der Waals surface area contributed by atoms with Crippen molar-refractivity contribution in [3.8, 4) is 22.3 Å². The highest BCUT2D eigenvalue weighted by Gasteiger charge is 2.19. The number of thiazole rings is 1. The molecule has 0 fully saturated rings. The molecule has 3 aromatic rings. The first-order chi connectivity index (χ1) is 11.7. The molecule has 2 aromatic heterocycles. The fourth-order valence-corrected chi connectivity index (χ4v) is 3.30. The number of benzene rings is 1. The zero-order valence-corrected chi connectivity index (χ0v) is 13.7. The number of hydrogen-bond acceptors (Lipinski definition) is 6. The van der Waals surface area contributed by atoms with Crippen LogP contribution >= 0.6 is 11.3 Å². The molecule has 1 amide bonds. The van der Waals surface area contributed by atoms with Gasteiger partial charge in [-0.15, -0.1) is 11.3 Å². The summed E-state index contributed by atoms with van der Waals surface area (Å²) in [5.41, 5.74) is 1.03. The molecule has 6 nitrogen and oxygen atoms in total. The molecule has 24 heavy (non-hydrogen) atoms. The molecule has 0 bridgehead atoms. The van der Waals surface area contributed by atoms with Gasteiger partial charge in [0.05, 0.1) is 6.26 Å². The quantitative estimate of drug-likeness (QED) is 0.785. The molecule has 0 aliphatic carbocycles. The van der Waals surface area contributed by atoms with Gasteiger partial charge in [0, 0.05) is 16.6 Å². The normalized spacial score (nSPS) is 12.9. The van der Waals surface area contributed by atoms with Crippen LogP contribution in [0.3, 0.4) is 0 Å². The first kappa shape index (κ1) is 14.8. The number of aromatic nitrogens is 1. The monoisotopic (exact) mass is 342 g/mol. The van der Waals surface area contributed by atoms with E-state index in [1.165, 1.54) is 11.3 Å². The van der Waals surface area contributed by atoms with Crippen molar-refractivity contribution in [3.63, 3.8) is 0 Å². The number of amides is 1. The standard InChI is InChI=1S/C17H14N2O4S/c1-10-15(19-17(24-10)13-3-2-6-21-13)16(20)18-11-4-5-12-14(9-11)23-8-7-22-12/h2-6,9H,7-8H2,1H3,(H,18,20). The van der Waals surface area contributed by atoms with Gasteiger partial charge in [-0.1, -0.05) is 0 Å². The Morgan fingerprint density at radius 3 is 2.83 bits per heavy atom. The minimum atomic E-state index is -0.266. The molecular formula is C17H14N2O4S. The van der Waals surface area contributed by atoms with Crippen molar-refractivity contribution in [2.45, 2.75) is 6.92 Å². The lowest BCUT2D eigenvalue weighted by Gasteiger charge is -2.18. The van der Waals surface area contributed by atoms with E-state index < -0.39 is 0 Å². The van der Waals surface area contributed by atoms with Gasteiger partial charge in [-0.3, -0.25) is 4.79 Å². The molecule has 0 atom stereocenters. The van der Waals surface area contributed by atoms with Crippen LogP contribution < -0.4 is 14.8 Å². The molecular weight excluding hydrogens is 328 g/mol. The number of fused-ring (bicyclic) bond motifs is 1. The Kier molecular flexibility index (Phi) is 3.70. The van der Waals surface area contributed by atoms with E-state index in [0.29, 0.717) is 46.9 Å². The highest BCUT2D eigenvalue weighted by atomic mass is 32.1. The predicted molar refractivity (Wildman–Crippen MR) is 89.9 cm³/mol. The maximum absolute atomic E-state index is 12.5. The lowest BCUT2D eigenvalue weighted by Crippen LogP contribution is -2.17. The van der Waals surface area contributed by atoms with Crippen LogP contribution in [-0.4, -0.2) is 24.1 Å². The molecule has 0 spiro atoms. The third-order valence-electron chi connectivity index (χ3n) is 3.54. The predicted octanol–water partition coefficient (Wildman–Crippen LogP) is 3.74. The number of anilines is 1. The summed E-state index contributed by atoms with van der Waals surface area (Å²) < 4.78 is 16.3. The lowest BCUT2D eigenvalue weighted by atomic mass is 10.2. The van der Waals surface area contributed by atoms with E-state index >= 15 is 0 Å². The molecule has 122 valence electrons. The number of carbonyl (C=O) groups is 1. The molecule has 0 saturated heterocycles. The summed E-state index contributed by atoms with van der Waals surface area (Å²) in [7, 11) is 0. The zero-order chi connectivity index (χ0) is 16.5. The molecule has 0 radical (unpaired) electrons. The van der Waals surface area contributed by atoms with Crippen molar-refractivity contribution < 1.29 is 18.7 Å². The Morgan fingerprint density at radius 1 is 1.21 bits per heavy atom. The van der Waals surface area contributed by atoms with Gasteiger partial charge in [0.15, 0.2) is 22.3 Å². The van der Waals surface area contributed by atoms with Gasteiger partial charge in [0.1, 0.15) is 18.9 Å². The van der Waals surface area contributed by atoms with Gasteiger partial charge in [-0.25, -0.2) is 4.98 Å². The van der Waals surface area contributed by atoms with Crippen LogP contribution in [0.2, 0.25) is 0 Å². The van der Waals surface area contributed by atoms with Gasteiger partial charge in [0.2, 0.25) is 0 Å².